The molecule has 1 rings (SSSR count). The Morgan fingerprint density at radius 1 is 1.45 bits per heavy atom. The van der Waals surface area contributed by atoms with E-state index in [1.54, 1.807) is 0 Å². The first-order valence-electron chi connectivity index (χ1n) is 3.86. The third-order valence-corrected chi connectivity index (χ3v) is 1.66. The van der Waals surface area contributed by atoms with Crippen molar-refractivity contribution in [3.05, 3.63) is 0 Å². The Hall–Kier alpha value is -1.13. The summed E-state index contributed by atoms with van der Waals surface area (Å²) in [7, 11) is 0. The van der Waals surface area contributed by atoms with Crippen LogP contribution in [0.2, 0.25) is 0 Å². The molecule has 0 amide bonds. The van der Waals surface area contributed by atoms with Gasteiger partial charge in [0, 0.05) is 6.04 Å². The van der Waals surface area contributed by atoms with Crippen LogP contribution < -0.4 is 5.32 Å². The van der Waals surface area contributed by atoms with E-state index in [2.05, 4.69) is 39.8 Å². The van der Waals surface area contributed by atoms with Gasteiger partial charge in [0.25, 0.3) is 5.95 Å². The first-order chi connectivity index (χ1) is 5.36. The van der Waals surface area contributed by atoms with Crippen molar-refractivity contribution in [2.75, 3.05) is 5.32 Å². The van der Waals surface area contributed by atoms with E-state index in [1.807, 2.05) is 0 Å². The number of aromatic nitrogens is 4. The molecule has 1 heterocycles. The van der Waals surface area contributed by atoms with Crippen LogP contribution in [-0.2, 0) is 0 Å². The average molecular weight is 155 g/mol. The maximum Gasteiger partial charge on any atom is 0.263 e. The molecule has 0 spiro atoms. The highest BCUT2D eigenvalue weighted by molar-refractivity contribution is 5.20. The van der Waals surface area contributed by atoms with Crippen molar-refractivity contribution in [2.24, 2.45) is 0 Å². The number of hydrogen-bond donors (Lipinski definition) is 2. The first-order valence-corrected chi connectivity index (χ1v) is 3.86. The van der Waals surface area contributed by atoms with Crippen molar-refractivity contribution in [1.29, 1.82) is 0 Å². The molecule has 62 valence electrons. The predicted molar refractivity (Wildman–Crippen MR) is 42.2 cm³/mol. The highest BCUT2D eigenvalue weighted by Gasteiger charge is 2.04. The molecule has 5 heteroatoms. The number of rotatable bonds is 4. The van der Waals surface area contributed by atoms with Gasteiger partial charge in [-0.15, -0.1) is 5.10 Å². The van der Waals surface area contributed by atoms with Crippen LogP contribution >= 0.6 is 0 Å². The zero-order valence-electron chi connectivity index (χ0n) is 6.83. The quantitative estimate of drug-likeness (QED) is 0.675. The highest BCUT2D eigenvalue weighted by Crippen LogP contribution is 2.02. The lowest BCUT2D eigenvalue weighted by Gasteiger charge is -2.11. The Labute approximate surface area is 65.6 Å². The molecular weight excluding hydrogens is 142 g/mol. The SMILES string of the molecule is CCC(CC)Nc1nn[nH]n1. The summed E-state index contributed by atoms with van der Waals surface area (Å²) in [5, 5.41) is 16.6. The molecule has 0 atom stereocenters. The Morgan fingerprint density at radius 3 is 2.64 bits per heavy atom. The Bertz CT molecular complexity index is 179. The standard InChI is InChI=1S/C6H13N5/c1-3-5(4-2)7-6-8-10-11-9-6/h5H,3-4H2,1-2H3,(H2,7,8,9,10,11). The van der Waals surface area contributed by atoms with Crippen molar-refractivity contribution in [2.45, 2.75) is 32.7 Å². The van der Waals surface area contributed by atoms with Gasteiger partial charge in [-0.25, -0.2) is 0 Å². The molecule has 0 aliphatic heterocycles. The van der Waals surface area contributed by atoms with Crippen LogP contribution in [0, 0.1) is 0 Å². The van der Waals surface area contributed by atoms with E-state index in [-0.39, 0.29) is 0 Å². The van der Waals surface area contributed by atoms with Gasteiger partial charge in [0.1, 0.15) is 0 Å². The maximum absolute atomic E-state index is 3.79. The second-order valence-corrected chi connectivity index (χ2v) is 2.39. The number of nitrogens with one attached hydrogen (secondary N) is 2. The smallest absolute Gasteiger partial charge is 0.263 e. The number of H-pyrrole nitrogens is 1. The van der Waals surface area contributed by atoms with Crippen molar-refractivity contribution >= 4 is 5.95 Å². The lowest BCUT2D eigenvalue weighted by molar-refractivity contribution is 0.665. The molecule has 5 nitrogen and oxygen atoms in total. The Balaban J connectivity index is 2.41. The monoisotopic (exact) mass is 155 g/mol. The average Bonchev–Trinajstić information content (AvgIpc) is 2.52. The largest absolute Gasteiger partial charge is 0.349 e. The van der Waals surface area contributed by atoms with Crippen LogP contribution in [0.15, 0.2) is 0 Å². The molecule has 0 radical (unpaired) electrons. The predicted octanol–water partition coefficient (Wildman–Crippen LogP) is 0.800. The molecule has 0 aliphatic carbocycles. The molecule has 0 unspecified atom stereocenters. The highest BCUT2D eigenvalue weighted by atomic mass is 15.5. The summed E-state index contributed by atoms with van der Waals surface area (Å²) in [6, 6.07) is 0.451. The number of anilines is 1. The van der Waals surface area contributed by atoms with Crippen LogP contribution in [0.3, 0.4) is 0 Å². The molecule has 1 aromatic heterocycles. The topological polar surface area (TPSA) is 66.5 Å². The number of nitrogens with zero attached hydrogens (tertiary/aromatic N) is 3. The van der Waals surface area contributed by atoms with Gasteiger partial charge < -0.3 is 5.32 Å². The lowest BCUT2D eigenvalue weighted by Crippen LogP contribution is -2.17. The molecule has 0 fully saturated rings. The third kappa shape index (κ3) is 2.18. The van der Waals surface area contributed by atoms with E-state index in [1.165, 1.54) is 0 Å². The van der Waals surface area contributed by atoms with Crippen molar-refractivity contribution in [1.82, 2.24) is 20.6 Å². The van der Waals surface area contributed by atoms with Crippen LogP contribution in [0.4, 0.5) is 5.95 Å². The van der Waals surface area contributed by atoms with Crippen LogP contribution in [0.25, 0.3) is 0 Å². The van der Waals surface area contributed by atoms with Gasteiger partial charge in [-0.2, -0.15) is 5.21 Å². The van der Waals surface area contributed by atoms with E-state index in [0.717, 1.165) is 12.8 Å². The number of hydrogen-bond acceptors (Lipinski definition) is 4. The molecule has 11 heavy (non-hydrogen) atoms. The summed E-state index contributed by atoms with van der Waals surface area (Å²) in [5.74, 6) is 0.582. The maximum atomic E-state index is 3.79. The van der Waals surface area contributed by atoms with E-state index >= 15 is 0 Å². The van der Waals surface area contributed by atoms with Crippen LogP contribution in [-0.4, -0.2) is 26.7 Å². The summed E-state index contributed by atoms with van der Waals surface area (Å²) in [4.78, 5) is 0. The first kappa shape index (κ1) is 7.97. The van der Waals surface area contributed by atoms with Gasteiger partial charge in [0.15, 0.2) is 0 Å². The molecule has 0 bridgehead atoms. The zero-order chi connectivity index (χ0) is 8.10. The van der Waals surface area contributed by atoms with Gasteiger partial charge in [-0.05, 0) is 18.1 Å². The zero-order valence-corrected chi connectivity index (χ0v) is 6.83. The summed E-state index contributed by atoms with van der Waals surface area (Å²) >= 11 is 0. The van der Waals surface area contributed by atoms with Gasteiger partial charge in [0.2, 0.25) is 0 Å². The summed E-state index contributed by atoms with van der Waals surface area (Å²) in [6.45, 7) is 4.25. The fourth-order valence-corrected chi connectivity index (χ4v) is 0.898. The third-order valence-electron chi connectivity index (χ3n) is 1.66. The van der Waals surface area contributed by atoms with Gasteiger partial charge in [0.05, 0.1) is 0 Å². The second kappa shape index (κ2) is 3.90. The van der Waals surface area contributed by atoms with E-state index in [0.29, 0.717) is 12.0 Å². The molecular formula is C6H13N5. The molecule has 0 saturated heterocycles. The summed E-state index contributed by atoms with van der Waals surface area (Å²) in [5.41, 5.74) is 0. The molecule has 2 N–H and O–H groups in total. The fraction of sp³-hybridized carbons (Fsp3) is 0.833. The van der Waals surface area contributed by atoms with Crippen LogP contribution in [0.5, 0.6) is 0 Å². The molecule has 0 saturated carbocycles. The van der Waals surface area contributed by atoms with E-state index in [4.69, 9.17) is 0 Å². The lowest BCUT2D eigenvalue weighted by atomic mass is 10.2. The molecule has 0 aromatic carbocycles. The molecule has 1 aromatic rings. The van der Waals surface area contributed by atoms with Gasteiger partial charge in [-0.1, -0.05) is 18.9 Å². The van der Waals surface area contributed by atoms with E-state index in [9.17, 15) is 0 Å². The van der Waals surface area contributed by atoms with Gasteiger partial charge in [-0.3, -0.25) is 0 Å². The fourth-order valence-electron chi connectivity index (χ4n) is 0.898. The summed E-state index contributed by atoms with van der Waals surface area (Å²) < 4.78 is 0. The second-order valence-electron chi connectivity index (χ2n) is 2.39. The van der Waals surface area contributed by atoms with Crippen molar-refractivity contribution in [3.8, 4) is 0 Å². The summed E-state index contributed by atoms with van der Waals surface area (Å²) in [6.07, 6.45) is 2.15. The van der Waals surface area contributed by atoms with Crippen LogP contribution in [0.1, 0.15) is 26.7 Å². The number of tetrazole rings is 1. The minimum absolute atomic E-state index is 0.451. The van der Waals surface area contributed by atoms with E-state index < -0.39 is 0 Å². The Morgan fingerprint density at radius 2 is 2.18 bits per heavy atom. The Kier molecular flexibility index (Phi) is 2.83. The molecule has 0 aliphatic rings. The minimum Gasteiger partial charge on any atom is -0.349 e. The minimum atomic E-state index is 0.451. The normalized spacial score (nSPS) is 10.5. The van der Waals surface area contributed by atoms with Crippen molar-refractivity contribution in [3.63, 3.8) is 0 Å². The van der Waals surface area contributed by atoms with Crippen molar-refractivity contribution < 1.29 is 0 Å². The number of aromatic amines is 1. The van der Waals surface area contributed by atoms with Gasteiger partial charge >= 0.3 is 0 Å².